The number of pyridine rings is 1. The molecule has 2 aromatic carbocycles. The van der Waals surface area contributed by atoms with Crippen LogP contribution in [0.2, 0.25) is 10.0 Å². The van der Waals surface area contributed by atoms with Gasteiger partial charge in [-0.2, -0.15) is 5.26 Å². The second kappa shape index (κ2) is 10.4. The molecule has 0 saturated heterocycles. The van der Waals surface area contributed by atoms with Gasteiger partial charge < -0.3 is 5.32 Å². The first kappa shape index (κ1) is 22.7. The van der Waals surface area contributed by atoms with Gasteiger partial charge in [-0.25, -0.2) is 4.98 Å². The number of anilines is 1. The zero-order valence-corrected chi connectivity index (χ0v) is 19.6. The second-order valence-corrected chi connectivity index (χ2v) is 9.58. The summed E-state index contributed by atoms with van der Waals surface area (Å²) < 4.78 is 0. The monoisotopic (exact) mass is 481 g/mol. The number of hydrogen-bond donors (Lipinski definition) is 1. The third-order valence-corrected chi connectivity index (χ3v) is 7.25. The van der Waals surface area contributed by atoms with Gasteiger partial charge in [-0.15, -0.1) is 11.8 Å². The fourth-order valence-electron chi connectivity index (χ4n) is 3.88. The zero-order chi connectivity index (χ0) is 22.5. The van der Waals surface area contributed by atoms with Crippen molar-refractivity contribution in [2.24, 2.45) is 0 Å². The fourth-order valence-corrected chi connectivity index (χ4v) is 5.10. The van der Waals surface area contributed by atoms with Crippen LogP contribution in [0.15, 0.2) is 59.6 Å². The van der Waals surface area contributed by atoms with E-state index in [1.807, 2.05) is 12.1 Å². The first-order chi connectivity index (χ1) is 15.5. The van der Waals surface area contributed by atoms with Crippen molar-refractivity contribution in [3.05, 3.63) is 87.0 Å². The Balaban J connectivity index is 1.38. The molecule has 1 atom stereocenters. The van der Waals surface area contributed by atoms with Crippen molar-refractivity contribution in [2.45, 2.75) is 36.6 Å². The minimum absolute atomic E-state index is 0.127. The number of carbonyl (C=O) groups is 1. The van der Waals surface area contributed by atoms with Crippen LogP contribution < -0.4 is 5.32 Å². The third-order valence-electron chi connectivity index (χ3n) is 5.51. The lowest BCUT2D eigenvalue weighted by Crippen LogP contribution is -2.15. The number of aryl methyl sites for hydroxylation is 1. The normalized spacial score (nSPS) is 15.0. The standard InChI is InChI=1S/C25H21Cl2N3OS/c26-21-8-7-20(14-22(21)27)29-24(31)10-11-32-25-19(15-28)13-18-12-17(6-9-23(18)30-25)16-4-2-1-3-5-16/h1-5,7-8,13-14,17H,6,9-12H2,(H,29,31). The second-order valence-electron chi connectivity index (χ2n) is 7.68. The van der Waals surface area contributed by atoms with Crippen LogP contribution >= 0.6 is 35.0 Å². The van der Waals surface area contributed by atoms with Gasteiger partial charge >= 0.3 is 0 Å². The average Bonchev–Trinajstić information content (AvgIpc) is 2.81. The van der Waals surface area contributed by atoms with Crippen LogP contribution in [0.4, 0.5) is 5.69 Å². The van der Waals surface area contributed by atoms with Gasteiger partial charge in [-0.1, -0.05) is 53.5 Å². The molecule has 0 bridgehead atoms. The van der Waals surface area contributed by atoms with Crippen molar-refractivity contribution < 1.29 is 4.79 Å². The van der Waals surface area contributed by atoms with E-state index in [2.05, 4.69) is 35.7 Å². The van der Waals surface area contributed by atoms with E-state index in [4.69, 9.17) is 28.2 Å². The minimum atomic E-state index is -0.127. The Morgan fingerprint density at radius 2 is 1.97 bits per heavy atom. The summed E-state index contributed by atoms with van der Waals surface area (Å²) in [6.45, 7) is 0. The summed E-state index contributed by atoms with van der Waals surface area (Å²) in [6, 6.07) is 19.7. The van der Waals surface area contributed by atoms with Crippen molar-refractivity contribution in [1.82, 2.24) is 4.98 Å². The van der Waals surface area contributed by atoms with E-state index in [-0.39, 0.29) is 5.91 Å². The van der Waals surface area contributed by atoms with Crippen LogP contribution in [-0.4, -0.2) is 16.6 Å². The van der Waals surface area contributed by atoms with E-state index >= 15 is 0 Å². The van der Waals surface area contributed by atoms with E-state index < -0.39 is 0 Å². The van der Waals surface area contributed by atoms with E-state index in [1.54, 1.807) is 18.2 Å². The average molecular weight is 482 g/mol. The first-order valence-electron chi connectivity index (χ1n) is 10.4. The Bertz CT molecular complexity index is 1180. The Kier molecular flexibility index (Phi) is 7.36. The molecule has 0 spiro atoms. The molecule has 1 aliphatic rings. The molecule has 7 heteroatoms. The molecule has 162 valence electrons. The SMILES string of the molecule is N#Cc1cc2c(nc1SCCC(=O)Nc1ccc(Cl)c(Cl)c1)CCC(c1ccccc1)C2. The maximum Gasteiger partial charge on any atom is 0.225 e. The highest BCUT2D eigenvalue weighted by atomic mass is 35.5. The molecule has 1 amide bonds. The van der Waals surface area contributed by atoms with Crippen molar-refractivity contribution in [1.29, 1.82) is 5.26 Å². The zero-order valence-electron chi connectivity index (χ0n) is 17.3. The van der Waals surface area contributed by atoms with Crippen molar-refractivity contribution in [3.63, 3.8) is 0 Å². The molecular weight excluding hydrogens is 461 g/mol. The van der Waals surface area contributed by atoms with Crippen molar-refractivity contribution in [2.75, 3.05) is 11.1 Å². The van der Waals surface area contributed by atoms with Crippen LogP contribution in [0.1, 0.15) is 41.1 Å². The van der Waals surface area contributed by atoms with Crippen molar-refractivity contribution >= 4 is 46.6 Å². The molecule has 0 aliphatic heterocycles. The molecular formula is C25H21Cl2N3OS. The van der Waals surface area contributed by atoms with Gasteiger partial charge in [0.2, 0.25) is 5.91 Å². The van der Waals surface area contributed by atoms with Crippen molar-refractivity contribution in [3.8, 4) is 6.07 Å². The van der Waals surface area contributed by atoms with Gasteiger partial charge in [-0.05, 0) is 60.6 Å². The van der Waals surface area contributed by atoms with Gasteiger partial charge in [0, 0.05) is 23.6 Å². The molecule has 0 saturated carbocycles. The van der Waals surface area contributed by atoms with Gasteiger partial charge in [0.15, 0.2) is 0 Å². The van der Waals surface area contributed by atoms with Crippen LogP contribution in [-0.2, 0) is 17.6 Å². The predicted molar refractivity (Wildman–Crippen MR) is 131 cm³/mol. The summed E-state index contributed by atoms with van der Waals surface area (Å²) in [5.74, 6) is 0.860. The van der Waals surface area contributed by atoms with E-state index in [1.165, 1.54) is 17.3 Å². The number of nitriles is 1. The lowest BCUT2D eigenvalue weighted by Gasteiger charge is -2.25. The number of rotatable bonds is 6. The number of benzene rings is 2. The Hall–Kier alpha value is -2.52. The number of fused-ring (bicyclic) bond motifs is 1. The number of nitrogens with zero attached hydrogens (tertiary/aromatic N) is 2. The van der Waals surface area contributed by atoms with Gasteiger partial charge in [0.1, 0.15) is 11.1 Å². The number of thioether (sulfide) groups is 1. The lowest BCUT2D eigenvalue weighted by atomic mass is 9.82. The number of carbonyl (C=O) groups excluding carboxylic acids is 1. The molecule has 32 heavy (non-hydrogen) atoms. The van der Waals surface area contributed by atoms with Gasteiger partial charge in [-0.3, -0.25) is 4.79 Å². The minimum Gasteiger partial charge on any atom is -0.326 e. The molecule has 1 heterocycles. The van der Waals surface area contributed by atoms with E-state index in [0.717, 1.165) is 30.5 Å². The fraction of sp³-hybridized carbons (Fsp3) is 0.240. The molecule has 0 radical (unpaired) electrons. The first-order valence-corrected chi connectivity index (χ1v) is 12.1. The highest BCUT2D eigenvalue weighted by Crippen LogP contribution is 2.34. The highest BCUT2D eigenvalue weighted by Gasteiger charge is 2.23. The summed E-state index contributed by atoms with van der Waals surface area (Å²) in [5.41, 5.74) is 4.74. The maximum atomic E-state index is 12.3. The van der Waals surface area contributed by atoms with Crippen LogP contribution in [0.3, 0.4) is 0 Å². The quantitative estimate of drug-likeness (QED) is 0.400. The highest BCUT2D eigenvalue weighted by molar-refractivity contribution is 7.99. The lowest BCUT2D eigenvalue weighted by molar-refractivity contribution is -0.115. The summed E-state index contributed by atoms with van der Waals surface area (Å²) in [5, 5.41) is 14.0. The van der Waals surface area contributed by atoms with Crippen LogP contribution in [0, 0.1) is 11.3 Å². The van der Waals surface area contributed by atoms with Crippen LogP contribution in [0.5, 0.6) is 0 Å². The van der Waals surface area contributed by atoms with Gasteiger partial charge in [0.05, 0.1) is 15.6 Å². The Morgan fingerprint density at radius 3 is 2.72 bits per heavy atom. The topological polar surface area (TPSA) is 65.8 Å². The van der Waals surface area contributed by atoms with Gasteiger partial charge in [0.25, 0.3) is 0 Å². The smallest absolute Gasteiger partial charge is 0.225 e. The summed E-state index contributed by atoms with van der Waals surface area (Å²) in [4.78, 5) is 17.1. The predicted octanol–water partition coefficient (Wildman–Crippen LogP) is 6.65. The summed E-state index contributed by atoms with van der Waals surface area (Å²) in [7, 11) is 0. The summed E-state index contributed by atoms with van der Waals surface area (Å²) >= 11 is 13.3. The number of nitrogens with one attached hydrogen (secondary N) is 1. The third kappa shape index (κ3) is 5.45. The Labute approximate surface area is 202 Å². The molecule has 1 aromatic heterocycles. The van der Waals surface area contributed by atoms with E-state index in [9.17, 15) is 10.1 Å². The number of aromatic nitrogens is 1. The number of amides is 1. The van der Waals surface area contributed by atoms with E-state index in [0.29, 0.717) is 44.4 Å². The molecule has 1 aliphatic carbocycles. The number of halogens is 2. The molecule has 4 nitrogen and oxygen atoms in total. The molecule has 1 N–H and O–H groups in total. The molecule has 1 unspecified atom stereocenters. The molecule has 0 fully saturated rings. The number of hydrogen-bond acceptors (Lipinski definition) is 4. The largest absolute Gasteiger partial charge is 0.326 e. The molecule has 4 rings (SSSR count). The molecule has 3 aromatic rings. The summed E-state index contributed by atoms with van der Waals surface area (Å²) in [6.07, 6.45) is 3.14. The van der Waals surface area contributed by atoms with Crippen LogP contribution in [0.25, 0.3) is 0 Å². The Morgan fingerprint density at radius 1 is 1.16 bits per heavy atom. The maximum absolute atomic E-state index is 12.3.